The third-order valence-corrected chi connectivity index (χ3v) is 5.35. The zero-order valence-corrected chi connectivity index (χ0v) is 15.8. The topological polar surface area (TPSA) is 87.2 Å². The molecule has 0 unspecified atom stereocenters. The number of piperidine rings is 1. The van der Waals surface area contributed by atoms with Gasteiger partial charge in [0.05, 0.1) is 12.1 Å². The van der Waals surface area contributed by atoms with E-state index in [0.29, 0.717) is 11.7 Å². The Kier molecular flexibility index (Phi) is 5.63. The molecule has 1 aliphatic heterocycles. The maximum Gasteiger partial charge on any atom is 0.240 e. The monoisotopic (exact) mass is 373 g/mol. The second-order valence-electron chi connectivity index (χ2n) is 6.58. The Balaban J connectivity index is 1.61. The van der Waals surface area contributed by atoms with Crippen LogP contribution < -0.4 is 10.6 Å². The van der Waals surface area contributed by atoms with Crippen LogP contribution in [0.2, 0.25) is 0 Å². The molecule has 0 bridgehead atoms. The fraction of sp³-hybridized carbons (Fsp3) is 0.444. The normalized spacial score (nSPS) is 16.8. The molecule has 1 aliphatic rings. The number of hydrogen-bond acceptors (Lipinski definition) is 6. The molecule has 0 aliphatic carbocycles. The molecule has 2 aromatic rings. The van der Waals surface area contributed by atoms with Crippen LogP contribution in [0.3, 0.4) is 0 Å². The number of anilines is 1. The van der Waals surface area contributed by atoms with Crippen LogP contribution in [0.5, 0.6) is 0 Å². The summed E-state index contributed by atoms with van der Waals surface area (Å²) in [6.07, 6.45) is 1.53. The highest BCUT2D eigenvalue weighted by atomic mass is 32.1. The molecule has 26 heavy (non-hydrogen) atoms. The molecular formula is C18H23N5O2S. The minimum absolute atomic E-state index is 0.0355. The SMILES string of the molecule is CC(=O)NC1(c2ccccc2)CCN(CC(=O)Nc2nnc(C)s2)CC1. The number of benzene rings is 1. The molecule has 3 rings (SSSR count). The average Bonchev–Trinajstić information content (AvgIpc) is 3.02. The van der Waals surface area contributed by atoms with Gasteiger partial charge in [0.15, 0.2) is 0 Å². The van der Waals surface area contributed by atoms with Gasteiger partial charge in [0.25, 0.3) is 0 Å². The largest absolute Gasteiger partial charge is 0.347 e. The minimum atomic E-state index is -0.365. The molecule has 1 aromatic heterocycles. The summed E-state index contributed by atoms with van der Waals surface area (Å²) < 4.78 is 0. The number of carbonyl (C=O) groups excluding carboxylic acids is 2. The van der Waals surface area contributed by atoms with Gasteiger partial charge in [0, 0.05) is 20.0 Å². The number of nitrogens with zero attached hydrogens (tertiary/aromatic N) is 3. The highest BCUT2D eigenvalue weighted by Crippen LogP contribution is 2.33. The van der Waals surface area contributed by atoms with Gasteiger partial charge in [-0.3, -0.25) is 19.8 Å². The second kappa shape index (κ2) is 7.92. The van der Waals surface area contributed by atoms with Crippen molar-refractivity contribution in [2.45, 2.75) is 32.2 Å². The third-order valence-electron chi connectivity index (χ3n) is 4.59. The van der Waals surface area contributed by atoms with E-state index in [2.05, 4.69) is 37.9 Å². The van der Waals surface area contributed by atoms with E-state index in [1.165, 1.54) is 11.3 Å². The van der Waals surface area contributed by atoms with Crippen molar-refractivity contribution >= 4 is 28.3 Å². The van der Waals surface area contributed by atoms with Gasteiger partial charge in [-0.05, 0) is 25.3 Å². The summed E-state index contributed by atoms with van der Waals surface area (Å²) in [6.45, 7) is 5.18. The minimum Gasteiger partial charge on any atom is -0.347 e. The summed E-state index contributed by atoms with van der Waals surface area (Å²) in [5, 5.41) is 15.1. The number of nitrogens with one attached hydrogen (secondary N) is 2. The van der Waals surface area contributed by atoms with Crippen molar-refractivity contribution in [2.75, 3.05) is 25.0 Å². The van der Waals surface area contributed by atoms with E-state index in [0.717, 1.165) is 36.5 Å². The molecule has 2 heterocycles. The molecule has 0 saturated carbocycles. The molecule has 8 heteroatoms. The lowest BCUT2D eigenvalue weighted by atomic mass is 9.80. The van der Waals surface area contributed by atoms with Gasteiger partial charge < -0.3 is 5.32 Å². The predicted molar refractivity (Wildman–Crippen MR) is 101 cm³/mol. The van der Waals surface area contributed by atoms with E-state index < -0.39 is 0 Å². The Morgan fingerprint density at radius 1 is 1.19 bits per heavy atom. The molecule has 0 radical (unpaired) electrons. The Bertz CT molecular complexity index is 769. The van der Waals surface area contributed by atoms with Gasteiger partial charge >= 0.3 is 0 Å². The Labute approximate surface area is 156 Å². The molecule has 0 atom stereocenters. The number of hydrogen-bond donors (Lipinski definition) is 2. The van der Waals surface area contributed by atoms with E-state index in [4.69, 9.17) is 0 Å². The van der Waals surface area contributed by atoms with Crippen molar-refractivity contribution < 1.29 is 9.59 Å². The van der Waals surface area contributed by atoms with Gasteiger partial charge in [-0.2, -0.15) is 0 Å². The Hall–Kier alpha value is -2.32. The quantitative estimate of drug-likeness (QED) is 0.836. The molecule has 2 N–H and O–H groups in total. The van der Waals surface area contributed by atoms with E-state index in [1.807, 2.05) is 25.1 Å². The van der Waals surface area contributed by atoms with Crippen molar-refractivity contribution in [3.05, 3.63) is 40.9 Å². The van der Waals surface area contributed by atoms with Crippen LogP contribution in [-0.4, -0.2) is 46.5 Å². The van der Waals surface area contributed by atoms with Crippen molar-refractivity contribution in [2.24, 2.45) is 0 Å². The van der Waals surface area contributed by atoms with Crippen LogP contribution in [-0.2, 0) is 15.1 Å². The Morgan fingerprint density at radius 3 is 2.46 bits per heavy atom. The number of carbonyl (C=O) groups is 2. The van der Waals surface area contributed by atoms with Crippen LogP contribution in [0.15, 0.2) is 30.3 Å². The summed E-state index contributed by atoms with van der Waals surface area (Å²) in [7, 11) is 0. The molecule has 1 aromatic carbocycles. The van der Waals surface area contributed by atoms with Crippen LogP contribution in [0.1, 0.15) is 30.3 Å². The summed E-state index contributed by atoms with van der Waals surface area (Å²) in [5.74, 6) is -0.125. The molecular weight excluding hydrogens is 350 g/mol. The highest BCUT2D eigenvalue weighted by Gasteiger charge is 2.37. The van der Waals surface area contributed by atoms with E-state index in [9.17, 15) is 9.59 Å². The first kappa shape index (κ1) is 18.5. The number of rotatable bonds is 5. The van der Waals surface area contributed by atoms with Crippen LogP contribution >= 0.6 is 11.3 Å². The average molecular weight is 373 g/mol. The van der Waals surface area contributed by atoms with Crippen molar-refractivity contribution in [1.82, 2.24) is 20.4 Å². The standard InChI is InChI=1S/C18H23N5O2S/c1-13(24)20-18(15-6-4-3-5-7-15)8-10-23(11-9-18)12-16(25)19-17-22-21-14(2)26-17/h3-7H,8-12H2,1-2H3,(H,20,24)(H,19,22,25). The van der Waals surface area contributed by atoms with Gasteiger partial charge in [-0.15, -0.1) is 10.2 Å². The van der Waals surface area contributed by atoms with E-state index >= 15 is 0 Å². The lowest BCUT2D eigenvalue weighted by Gasteiger charge is -2.42. The molecule has 2 amide bonds. The lowest BCUT2D eigenvalue weighted by molar-refractivity contribution is -0.122. The zero-order chi connectivity index (χ0) is 18.6. The van der Waals surface area contributed by atoms with Crippen LogP contribution in [0.25, 0.3) is 0 Å². The lowest BCUT2D eigenvalue weighted by Crippen LogP contribution is -2.53. The number of aromatic nitrogens is 2. The first-order valence-electron chi connectivity index (χ1n) is 8.63. The summed E-state index contributed by atoms with van der Waals surface area (Å²) in [5.41, 5.74) is 0.750. The number of aryl methyl sites for hydroxylation is 1. The first-order chi connectivity index (χ1) is 12.5. The van der Waals surface area contributed by atoms with E-state index in [1.54, 1.807) is 6.92 Å². The summed E-state index contributed by atoms with van der Waals surface area (Å²) >= 11 is 1.36. The fourth-order valence-electron chi connectivity index (χ4n) is 3.38. The summed E-state index contributed by atoms with van der Waals surface area (Å²) in [6, 6.07) is 10.1. The fourth-order valence-corrected chi connectivity index (χ4v) is 3.99. The summed E-state index contributed by atoms with van der Waals surface area (Å²) in [4.78, 5) is 26.1. The molecule has 7 nitrogen and oxygen atoms in total. The maximum absolute atomic E-state index is 12.2. The predicted octanol–water partition coefficient (Wildman–Crippen LogP) is 1.91. The maximum atomic E-state index is 12.2. The van der Waals surface area contributed by atoms with Gasteiger partial charge in [0.1, 0.15) is 5.01 Å². The van der Waals surface area contributed by atoms with Crippen molar-refractivity contribution in [3.63, 3.8) is 0 Å². The smallest absolute Gasteiger partial charge is 0.240 e. The number of amides is 2. The van der Waals surface area contributed by atoms with Crippen molar-refractivity contribution in [3.8, 4) is 0 Å². The van der Waals surface area contributed by atoms with Gasteiger partial charge in [-0.1, -0.05) is 41.7 Å². The third kappa shape index (κ3) is 4.44. The van der Waals surface area contributed by atoms with Crippen molar-refractivity contribution in [1.29, 1.82) is 0 Å². The van der Waals surface area contributed by atoms with E-state index in [-0.39, 0.29) is 17.4 Å². The van der Waals surface area contributed by atoms with Crippen LogP contribution in [0, 0.1) is 6.92 Å². The van der Waals surface area contributed by atoms with Gasteiger partial charge in [0.2, 0.25) is 16.9 Å². The Morgan fingerprint density at radius 2 is 1.88 bits per heavy atom. The molecule has 1 fully saturated rings. The first-order valence-corrected chi connectivity index (χ1v) is 9.45. The second-order valence-corrected chi connectivity index (χ2v) is 7.76. The van der Waals surface area contributed by atoms with Gasteiger partial charge in [-0.25, -0.2) is 0 Å². The molecule has 138 valence electrons. The molecule has 0 spiro atoms. The zero-order valence-electron chi connectivity index (χ0n) is 15.0. The molecule has 1 saturated heterocycles. The number of likely N-dealkylation sites (tertiary alicyclic amines) is 1. The highest BCUT2D eigenvalue weighted by molar-refractivity contribution is 7.15. The van der Waals surface area contributed by atoms with Crippen LogP contribution in [0.4, 0.5) is 5.13 Å².